The first kappa shape index (κ1) is 11.8. The maximum atomic E-state index is 10.7. The number of aromatic carboxylic acids is 1. The molecular weight excluding hydrogens is 234 g/mol. The number of hydrogen-bond donors (Lipinski definition) is 1. The number of aryl methyl sites for hydroxylation is 1. The van der Waals surface area contributed by atoms with Crippen LogP contribution in [0.2, 0.25) is 0 Å². The van der Waals surface area contributed by atoms with Crippen molar-refractivity contribution in [2.75, 3.05) is 0 Å². The molecule has 88 valence electrons. The summed E-state index contributed by atoms with van der Waals surface area (Å²) in [7, 11) is 0. The van der Waals surface area contributed by atoms with E-state index in [4.69, 9.17) is 5.11 Å². The van der Waals surface area contributed by atoms with Crippen molar-refractivity contribution in [3.63, 3.8) is 0 Å². The Hall–Kier alpha value is -1.68. The van der Waals surface area contributed by atoms with Gasteiger partial charge in [-0.3, -0.25) is 0 Å². The van der Waals surface area contributed by atoms with E-state index in [9.17, 15) is 4.79 Å². The summed E-state index contributed by atoms with van der Waals surface area (Å²) in [5.74, 6) is -0.901. The first-order valence-corrected chi connectivity index (χ1v) is 6.37. The Morgan fingerprint density at radius 3 is 2.65 bits per heavy atom. The molecule has 0 spiro atoms. The summed E-state index contributed by atoms with van der Waals surface area (Å²) in [6.07, 6.45) is 2.09. The van der Waals surface area contributed by atoms with Gasteiger partial charge < -0.3 is 5.11 Å². The minimum Gasteiger partial charge on any atom is -0.478 e. The minimum absolute atomic E-state index is 0.303. The highest BCUT2D eigenvalue weighted by molar-refractivity contribution is 7.09. The highest BCUT2D eigenvalue weighted by Crippen LogP contribution is 2.22. The second-order valence-electron chi connectivity index (χ2n) is 3.76. The van der Waals surface area contributed by atoms with E-state index < -0.39 is 5.97 Å². The zero-order chi connectivity index (χ0) is 12.3. The van der Waals surface area contributed by atoms with Gasteiger partial charge in [0, 0.05) is 10.9 Å². The van der Waals surface area contributed by atoms with E-state index >= 15 is 0 Å². The Balaban J connectivity index is 2.23. The van der Waals surface area contributed by atoms with Crippen molar-refractivity contribution in [1.29, 1.82) is 0 Å². The van der Waals surface area contributed by atoms with E-state index in [0.29, 0.717) is 5.56 Å². The van der Waals surface area contributed by atoms with Crippen LogP contribution in [0, 0.1) is 0 Å². The predicted molar refractivity (Wildman–Crippen MR) is 68.5 cm³/mol. The summed E-state index contributed by atoms with van der Waals surface area (Å²) >= 11 is 1.65. The van der Waals surface area contributed by atoms with Gasteiger partial charge in [-0.15, -0.1) is 11.3 Å². The fraction of sp³-hybridized carbons (Fsp3) is 0.231. The van der Waals surface area contributed by atoms with E-state index in [1.807, 2.05) is 5.38 Å². The van der Waals surface area contributed by atoms with Crippen molar-refractivity contribution in [3.8, 4) is 11.3 Å². The summed E-state index contributed by atoms with van der Waals surface area (Å²) in [6, 6.07) is 6.81. The average Bonchev–Trinajstić information content (AvgIpc) is 2.78. The second-order valence-corrected chi connectivity index (χ2v) is 4.70. The van der Waals surface area contributed by atoms with Crippen molar-refractivity contribution in [2.45, 2.75) is 19.8 Å². The Morgan fingerprint density at radius 2 is 2.06 bits per heavy atom. The third kappa shape index (κ3) is 2.71. The van der Waals surface area contributed by atoms with Crippen LogP contribution in [0.1, 0.15) is 28.7 Å². The number of hydrogen-bond acceptors (Lipinski definition) is 3. The first-order chi connectivity index (χ1) is 8.20. The van der Waals surface area contributed by atoms with E-state index in [2.05, 4.69) is 11.9 Å². The number of carboxylic acid groups (broad SMARTS) is 1. The molecule has 0 fully saturated rings. The molecular formula is C13H13NO2S. The lowest BCUT2D eigenvalue weighted by atomic mass is 10.1. The molecule has 4 heteroatoms. The van der Waals surface area contributed by atoms with Crippen LogP contribution in [0.15, 0.2) is 29.6 Å². The quantitative estimate of drug-likeness (QED) is 0.900. The first-order valence-electron chi connectivity index (χ1n) is 5.49. The molecule has 1 N–H and O–H groups in total. The summed E-state index contributed by atoms with van der Waals surface area (Å²) in [4.78, 5) is 15.2. The molecule has 2 aromatic rings. The third-order valence-corrected chi connectivity index (χ3v) is 3.35. The molecule has 2 rings (SSSR count). The molecule has 1 heterocycles. The number of benzene rings is 1. The van der Waals surface area contributed by atoms with Gasteiger partial charge in [0.15, 0.2) is 0 Å². The van der Waals surface area contributed by atoms with Gasteiger partial charge in [-0.2, -0.15) is 0 Å². The second kappa shape index (κ2) is 5.10. The van der Waals surface area contributed by atoms with Gasteiger partial charge in [0.1, 0.15) is 0 Å². The largest absolute Gasteiger partial charge is 0.478 e. The lowest BCUT2D eigenvalue weighted by Crippen LogP contribution is -1.95. The zero-order valence-corrected chi connectivity index (χ0v) is 10.3. The average molecular weight is 247 g/mol. The van der Waals surface area contributed by atoms with Gasteiger partial charge in [-0.05, 0) is 25.0 Å². The van der Waals surface area contributed by atoms with Crippen molar-refractivity contribution >= 4 is 17.3 Å². The van der Waals surface area contributed by atoms with Crippen LogP contribution in [-0.4, -0.2) is 16.1 Å². The maximum absolute atomic E-state index is 10.7. The smallest absolute Gasteiger partial charge is 0.335 e. The molecule has 0 atom stereocenters. The molecule has 0 unspecified atom stereocenters. The summed E-state index contributed by atoms with van der Waals surface area (Å²) < 4.78 is 0. The number of aromatic nitrogens is 1. The van der Waals surface area contributed by atoms with Crippen LogP contribution < -0.4 is 0 Å². The van der Waals surface area contributed by atoms with Crippen LogP contribution in [0.3, 0.4) is 0 Å². The third-order valence-electron chi connectivity index (χ3n) is 2.44. The fourth-order valence-corrected chi connectivity index (χ4v) is 2.47. The molecule has 1 aromatic carbocycles. The Kier molecular flexibility index (Phi) is 3.54. The molecule has 17 heavy (non-hydrogen) atoms. The number of carbonyl (C=O) groups is 1. The van der Waals surface area contributed by atoms with Crippen molar-refractivity contribution in [3.05, 3.63) is 40.2 Å². The van der Waals surface area contributed by atoms with E-state index in [1.54, 1.807) is 35.6 Å². The molecule has 0 saturated heterocycles. The molecule has 0 saturated carbocycles. The molecule has 1 aromatic heterocycles. The highest BCUT2D eigenvalue weighted by Gasteiger charge is 2.06. The number of thiazole rings is 1. The molecule has 0 aliphatic heterocycles. The number of rotatable bonds is 4. The molecule has 0 aliphatic rings. The maximum Gasteiger partial charge on any atom is 0.335 e. The van der Waals surface area contributed by atoms with Crippen molar-refractivity contribution in [2.24, 2.45) is 0 Å². The fourth-order valence-electron chi connectivity index (χ4n) is 1.56. The highest BCUT2D eigenvalue weighted by atomic mass is 32.1. The van der Waals surface area contributed by atoms with Gasteiger partial charge in [-0.1, -0.05) is 19.1 Å². The van der Waals surface area contributed by atoms with Crippen LogP contribution in [0.25, 0.3) is 11.3 Å². The summed E-state index contributed by atoms with van der Waals surface area (Å²) in [6.45, 7) is 2.13. The van der Waals surface area contributed by atoms with Gasteiger partial charge in [0.2, 0.25) is 0 Å². The molecule has 0 radical (unpaired) electrons. The molecule has 0 amide bonds. The SMILES string of the molecule is CCCc1nc(-c2ccc(C(=O)O)cc2)cs1. The minimum atomic E-state index is -0.901. The Bertz CT molecular complexity index is 516. The van der Waals surface area contributed by atoms with Crippen LogP contribution in [0.5, 0.6) is 0 Å². The molecule has 3 nitrogen and oxygen atoms in total. The van der Waals surface area contributed by atoms with Crippen LogP contribution in [-0.2, 0) is 6.42 Å². The zero-order valence-electron chi connectivity index (χ0n) is 9.51. The van der Waals surface area contributed by atoms with E-state index in [0.717, 1.165) is 29.1 Å². The number of nitrogens with zero attached hydrogens (tertiary/aromatic N) is 1. The summed E-state index contributed by atoms with van der Waals surface area (Å²) in [5.41, 5.74) is 2.20. The standard InChI is InChI=1S/C13H13NO2S/c1-2-3-12-14-11(8-17-12)9-4-6-10(7-5-9)13(15)16/h4-8H,2-3H2,1H3,(H,15,16). The predicted octanol–water partition coefficient (Wildman–Crippen LogP) is 3.46. The van der Waals surface area contributed by atoms with E-state index in [1.165, 1.54) is 0 Å². The van der Waals surface area contributed by atoms with Crippen molar-refractivity contribution < 1.29 is 9.90 Å². The monoisotopic (exact) mass is 247 g/mol. The van der Waals surface area contributed by atoms with Crippen molar-refractivity contribution in [1.82, 2.24) is 4.98 Å². The van der Waals surface area contributed by atoms with Crippen LogP contribution >= 0.6 is 11.3 Å². The lowest BCUT2D eigenvalue weighted by Gasteiger charge is -1.97. The Labute approximate surface area is 104 Å². The van der Waals surface area contributed by atoms with Gasteiger partial charge in [0.05, 0.1) is 16.3 Å². The summed E-state index contributed by atoms with van der Waals surface area (Å²) in [5, 5.41) is 12.0. The van der Waals surface area contributed by atoms with Gasteiger partial charge in [0.25, 0.3) is 0 Å². The molecule has 0 aliphatic carbocycles. The number of carboxylic acids is 1. The lowest BCUT2D eigenvalue weighted by molar-refractivity contribution is 0.0697. The van der Waals surface area contributed by atoms with Crippen LogP contribution in [0.4, 0.5) is 0 Å². The van der Waals surface area contributed by atoms with Gasteiger partial charge in [-0.25, -0.2) is 9.78 Å². The molecule has 0 bridgehead atoms. The van der Waals surface area contributed by atoms with Gasteiger partial charge >= 0.3 is 5.97 Å². The normalized spacial score (nSPS) is 10.4. The Morgan fingerprint density at radius 1 is 1.35 bits per heavy atom. The van der Waals surface area contributed by atoms with E-state index in [-0.39, 0.29) is 0 Å². The topological polar surface area (TPSA) is 50.2 Å².